The van der Waals surface area contributed by atoms with Crippen LogP contribution in [0.1, 0.15) is 159 Å². The third-order valence-electron chi connectivity index (χ3n) is 7.00. The molecule has 0 amide bonds. The Bertz CT molecular complexity index is 501. The highest BCUT2D eigenvalue weighted by Gasteiger charge is 2.09. The molecule has 0 saturated heterocycles. The first-order chi connectivity index (χ1) is 15.3. The van der Waals surface area contributed by atoms with Crippen molar-refractivity contribution in [1.29, 1.82) is 0 Å². The monoisotopic (exact) mass is 428 g/mol. The summed E-state index contributed by atoms with van der Waals surface area (Å²) in [5, 5.41) is 0. The van der Waals surface area contributed by atoms with Crippen LogP contribution in [0.3, 0.4) is 0 Å². The van der Waals surface area contributed by atoms with Crippen molar-refractivity contribution in [1.82, 2.24) is 0 Å². The first kappa shape index (κ1) is 28.3. The Hall–Kier alpha value is -0.780. The van der Waals surface area contributed by atoms with E-state index in [9.17, 15) is 0 Å². The van der Waals surface area contributed by atoms with Crippen molar-refractivity contribution < 1.29 is 0 Å². The second kappa shape index (κ2) is 21.1. The topological polar surface area (TPSA) is 0 Å². The molecule has 180 valence electrons. The molecule has 0 radical (unpaired) electrons. The van der Waals surface area contributed by atoms with Crippen molar-refractivity contribution in [2.75, 3.05) is 0 Å². The summed E-state index contributed by atoms with van der Waals surface area (Å²) in [5.74, 6) is 0. The van der Waals surface area contributed by atoms with Crippen molar-refractivity contribution in [2.45, 2.75) is 162 Å². The summed E-state index contributed by atoms with van der Waals surface area (Å²) in [7, 11) is 0. The fraction of sp³-hybridized carbons (Fsp3) is 0.806. The van der Waals surface area contributed by atoms with Gasteiger partial charge in [0.25, 0.3) is 0 Å². The summed E-state index contributed by atoms with van der Waals surface area (Å²) >= 11 is 0. The molecule has 0 bridgehead atoms. The molecule has 1 aromatic carbocycles. The highest BCUT2D eigenvalue weighted by atomic mass is 14.1. The third-order valence-corrected chi connectivity index (χ3v) is 7.00. The van der Waals surface area contributed by atoms with Gasteiger partial charge in [0.1, 0.15) is 0 Å². The summed E-state index contributed by atoms with van der Waals surface area (Å²) in [6, 6.07) is 7.26. The molecule has 0 aliphatic carbocycles. The van der Waals surface area contributed by atoms with E-state index < -0.39 is 0 Å². The van der Waals surface area contributed by atoms with E-state index in [1.165, 1.54) is 141 Å². The number of hydrogen-bond acceptors (Lipinski definition) is 0. The minimum atomic E-state index is 1.31. The Kier molecular flexibility index (Phi) is 19.2. The van der Waals surface area contributed by atoms with Crippen molar-refractivity contribution in [3.63, 3.8) is 0 Å². The first-order valence-corrected chi connectivity index (χ1v) is 14.4. The van der Waals surface area contributed by atoms with Gasteiger partial charge in [0, 0.05) is 0 Å². The molecule has 0 atom stereocenters. The number of aryl methyl sites for hydroxylation is 2. The molecular formula is C31H56. The summed E-state index contributed by atoms with van der Waals surface area (Å²) in [6.07, 6.45) is 30.7. The van der Waals surface area contributed by atoms with Gasteiger partial charge in [-0.25, -0.2) is 0 Å². The van der Waals surface area contributed by atoms with Gasteiger partial charge < -0.3 is 0 Å². The SMILES string of the molecule is CCCCCCCCCc1cccc(CCCCCCC)c1CCCCCCCCC. The predicted molar refractivity (Wildman–Crippen MR) is 142 cm³/mol. The maximum atomic E-state index is 2.45. The van der Waals surface area contributed by atoms with Crippen LogP contribution in [-0.2, 0) is 19.3 Å². The van der Waals surface area contributed by atoms with E-state index in [2.05, 4.69) is 39.0 Å². The van der Waals surface area contributed by atoms with Crippen LogP contribution in [-0.4, -0.2) is 0 Å². The number of rotatable bonds is 22. The van der Waals surface area contributed by atoms with Gasteiger partial charge in [-0.3, -0.25) is 0 Å². The minimum absolute atomic E-state index is 1.31. The zero-order valence-electron chi connectivity index (χ0n) is 21.8. The van der Waals surface area contributed by atoms with Gasteiger partial charge in [-0.1, -0.05) is 142 Å². The van der Waals surface area contributed by atoms with Crippen LogP contribution in [0.15, 0.2) is 18.2 Å². The maximum Gasteiger partial charge on any atom is -0.0273 e. The van der Waals surface area contributed by atoms with Crippen LogP contribution in [0.4, 0.5) is 0 Å². The second-order valence-corrected chi connectivity index (χ2v) is 9.96. The molecule has 0 fully saturated rings. The summed E-state index contributed by atoms with van der Waals surface area (Å²) < 4.78 is 0. The average molecular weight is 429 g/mol. The lowest BCUT2D eigenvalue weighted by Gasteiger charge is -2.16. The fourth-order valence-corrected chi connectivity index (χ4v) is 4.93. The van der Waals surface area contributed by atoms with Crippen LogP contribution in [0, 0.1) is 0 Å². The molecule has 0 N–H and O–H groups in total. The van der Waals surface area contributed by atoms with Crippen LogP contribution < -0.4 is 0 Å². The Morgan fingerprint density at radius 3 is 1.10 bits per heavy atom. The van der Waals surface area contributed by atoms with E-state index >= 15 is 0 Å². The molecule has 1 aromatic rings. The Morgan fingerprint density at radius 2 is 0.710 bits per heavy atom. The van der Waals surface area contributed by atoms with Crippen LogP contribution in [0.2, 0.25) is 0 Å². The smallest absolute Gasteiger partial charge is 0.0273 e. The molecule has 0 aliphatic rings. The normalized spacial score (nSPS) is 11.3. The molecule has 31 heavy (non-hydrogen) atoms. The van der Waals surface area contributed by atoms with Gasteiger partial charge in [-0.15, -0.1) is 0 Å². The molecule has 0 unspecified atom stereocenters. The van der Waals surface area contributed by atoms with E-state index in [1.807, 2.05) is 0 Å². The van der Waals surface area contributed by atoms with Gasteiger partial charge in [0.05, 0.1) is 0 Å². The minimum Gasteiger partial charge on any atom is -0.0654 e. The Balaban J connectivity index is 2.52. The van der Waals surface area contributed by atoms with Crippen molar-refractivity contribution in [2.24, 2.45) is 0 Å². The molecule has 0 aliphatic heterocycles. The number of benzene rings is 1. The molecule has 0 nitrogen and oxygen atoms in total. The van der Waals surface area contributed by atoms with Gasteiger partial charge in [0.15, 0.2) is 0 Å². The lowest BCUT2D eigenvalue weighted by molar-refractivity contribution is 0.581. The second-order valence-electron chi connectivity index (χ2n) is 9.96. The Morgan fingerprint density at radius 1 is 0.387 bits per heavy atom. The highest BCUT2D eigenvalue weighted by molar-refractivity contribution is 5.36. The highest BCUT2D eigenvalue weighted by Crippen LogP contribution is 2.23. The number of unbranched alkanes of at least 4 members (excludes halogenated alkanes) is 16. The molecule has 0 saturated carbocycles. The van der Waals surface area contributed by atoms with Crippen molar-refractivity contribution in [3.05, 3.63) is 34.9 Å². The number of hydrogen-bond donors (Lipinski definition) is 0. The summed E-state index contributed by atoms with van der Waals surface area (Å²) in [5.41, 5.74) is 5.12. The van der Waals surface area contributed by atoms with E-state index in [-0.39, 0.29) is 0 Å². The lowest BCUT2D eigenvalue weighted by atomic mass is 9.90. The van der Waals surface area contributed by atoms with Gasteiger partial charge in [-0.2, -0.15) is 0 Å². The van der Waals surface area contributed by atoms with E-state index in [4.69, 9.17) is 0 Å². The molecule has 0 heteroatoms. The van der Waals surface area contributed by atoms with Crippen LogP contribution in [0.25, 0.3) is 0 Å². The molecular weight excluding hydrogens is 372 g/mol. The summed E-state index contributed by atoms with van der Waals surface area (Å²) in [4.78, 5) is 0. The van der Waals surface area contributed by atoms with Gasteiger partial charge >= 0.3 is 0 Å². The van der Waals surface area contributed by atoms with Gasteiger partial charge in [0.2, 0.25) is 0 Å². The zero-order valence-corrected chi connectivity index (χ0v) is 21.8. The maximum absolute atomic E-state index is 2.45. The van der Waals surface area contributed by atoms with Crippen LogP contribution >= 0.6 is 0 Å². The average Bonchev–Trinajstić information content (AvgIpc) is 2.78. The van der Waals surface area contributed by atoms with E-state index in [0.717, 1.165) is 0 Å². The molecule has 0 spiro atoms. The largest absolute Gasteiger partial charge is 0.0654 e. The van der Waals surface area contributed by atoms with E-state index in [1.54, 1.807) is 16.7 Å². The Labute approximate surface area is 197 Å². The molecule has 0 aromatic heterocycles. The standard InChI is InChI=1S/C31H56/c1-4-7-10-13-15-18-21-25-30-27-23-26-29(24-20-17-12-9-6-3)31(30)28-22-19-16-14-11-8-5-2/h23,26-27H,4-22,24-25,28H2,1-3H3. The van der Waals surface area contributed by atoms with Crippen molar-refractivity contribution in [3.8, 4) is 0 Å². The third kappa shape index (κ3) is 14.8. The van der Waals surface area contributed by atoms with Crippen molar-refractivity contribution >= 4 is 0 Å². The quantitative estimate of drug-likeness (QED) is 0.161. The van der Waals surface area contributed by atoms with E-state index in [0.29, 0.717) is 0 Å². The lowest BCUT2D eigenvalue weighted by Crippen LogP contribution is -2.02. The molecule has 1 rings (SSSR count). The predicted octanol–water partition coefficient (Wildman–Crippen LogP) is 10.8. The van der Waals surface area contributed by atoms with Gasteiger partial charge in [-0.05, 0) is 55.2 Å². The molecule has 0 heterocycles. The fourth-order valence-electron chi connectivity index (χ4n) is 4.93. The van der Waals surface area contributed by atoms with Crippen LogP contribution in [0.5, 0.6) is 0 Å². The zero-order chi connectivity index (χ0) is 22.4. The first-order valence-electron chi connectivity index (χ1n) is 14.4. The summed E-state index contributed by atoms with van der Waals surface area (Å²) in [6.45, 7) is 6.93.